The van der Waals surface area contributed by atoms with E-state index in [0.717, 1.165) is 12.1 Å². The molecular weight excluding hydrogens is 328 g/mol. The van der Waals surface area contributed by atoms with Gasteiger partial charge in [-0.1, -0.05) is 19.3 Å². The third kappa shape index (κ3) is 7.06. The molecule has 1 heterocycles. The standard InChI is InChI=1S/C20H26N4O2/c1-16(20(25)24-14-17-5-3-2-4-6-17)13-23-19(7-10-21)26-15-18-8-11-22-12-9-18/h8-9,11-13,17H,2-7,14-15H2,1H3,(H,24,25)/b16-13+,23-19+. The van der Waals surface area contributed by atoms with Crippen LogP contribution in [0.5, 0.6) is 0 Å². The van der Waals surface area contributed by atoms with E-state index in [0.29, 0.717) is 24.0 Å². The van der Waals surface area contributed by atoms with Crippen molar-refractivity contribution in [1.29, 1.82) is 5.26 Å². The van der Waals surface area contributed by atoms with Crippen LogP contribution in [-0.4, -0.2) is 23.3 Å². The van der Waals surface area contributed by atoms with Crippen LogP contribution in [-0.2, 0) is 16.1 Å². The van der Waals surface area contributed by atoms with Crippen molar-refractivity contribution < 1.29 is 9.53 Å². The Morgan fingerprint density at radius 3 is 2.81 bits per heavy atom. The molecule has 1 aliphatic rings. The molecule has 1 aromatic heterocycles. The average molecular weight is 354 g/mol. The first-order valence-electron chi connectivity index (χ1n) is 9.09. The van der Waals surface area contributed by atoms with Crippen molar-refractivity contribution in [2.24, 2.45) is 10.9 Å². The zero-order chi connectivity index (χ0) is 18.6. The maximum absolute atomic E-state index is 12.2. The first kappa shape index (κ1) is 19.6. The Morgan fingerprint density at radius 1 is 1.38 bits per heavy atom. The first-order valence-corrected chi connectivity index (χ1v) is 9.09. The van der Waals surface area contributed by atoms with E-state index >= 15 is 0 Å². The summed E-state index contributed by atoms with van der Waals surface area (Å²) in [5, 5.41) is 11.9. The third-order valence-corrected chi connectivity index (χ3v) is 4.42. The minimum absolute atomic E-state index is 0.0541. The van der Waals surface area contributed by atoms with Crippen LogP contribution in [0, 0.1) is 17.2 Å². The predicted octanol–water partition coefficient (Wildman–Crippen LogP) is 3.51. The average Bonchev–Trinajstić information content (AvgIpc) is 2.69. The van der Waals surface area contributed by atoms with Crippen LogP contribution in [0.25, 0.3) is 0 Å². The summed E-state index contributed by atoms with van der Waals surface area (Å²) in [6.45, 7) is 2.74. The molecule has 0 aromatic carbocycles. The Hall–Kier alpha value is -2.68. The van der Waals surface area contributed by atoms with Crippen molar-refractivity contribution in [3.8, 4) is 6.07 Å². The Labute approximate surface area is 155 Å². The quantitative estimate of drug-likeness (QED) is 0.461. The fraction of sp³-hybridized carbons (Fsp3) is 0.500. The van der Waals surface area contributed by atoms with E-state index in [2.05, 4.69) is 15.3 Å². The van der Waals surface area contributed by atoms with Crippen LogP contribution >= 0.6 is 0 Å². The van der Waals surface area contributed by atoms with Gasteiger partial charge in [0.25, 0.3) is 0 Å². The number of nitrogens with zero attached hydrogens (tertiary/aromatic N) is 3. The van der Waals surface area contributed by atoms with Crippen LogP contribution in [0.15, 0.2) is 41.3 Å². The third-order valence-electron chi connectivity index (χ3n) is 4.42. The summed E-state index contributed by atoms with van der Waals surface area (Å²) in [6.07, 6.45) is 11.1. The number of hydrogen-bond donors (Lipinski definition) is 1. The lowest BCUT2D eigenvalue weighted by Gasteiger charge is -2.21. The van der Waals surface area contributed by atoms with Gasteiger partial charge < -0.3 is 10.1 Å². The summed E-state index contributed by atoms with van der Waals surface area (Å²) in [5.41, 5.74) is 1.44. The summed E-state index contributed by atoms with van der Waals surface area (Å²) in [6, 6.07) is 5.70. The highest BCUT2D eigenvalue weighted by molar-refractivity contribution is 5.93. The smallest absolute Gasteiger partial charge is 0.248 e. The molecule has 0 unspecified atom stereocenters. The van der Waals surface area contributed by atoms with E-state index in [-0.39, 0.29) is 12.3 Å². The van der Waals surface area contributed by atoms with E-state index in [4.69, 9.17) is 10.00 Å². The van der Waals surface area contributed by atoms with Crippen molar-refractivity contribution >= 4 is 11.8 Å². The fourth-order valence-electron chi connectivity index (χ4n) is 2.84. The maximum atomic E-state index is 12.2. The van der Waals surface area contributed by atoms with Gasteiger partial charge in [0.1, 0.15) is 13.0 Å². The molecule has 0 spiro atoms. The summed E-state index contributed by atoms with van der Waals surface area (Å²) in [5.74, 6) is 0.760. The summed E-state index contributed by atoms with van der Waals surface area (Å²) >= 11 is 0. The number of amides is 1. The Morgan fingerprint density at radius 2 is 2.12 bits per heavy atom. The van der Waals surface area contributed by atoms with Crippen molar-refractivity contribution in [3.63, 3.8) is 0 Å². The number of carbonyl (C=O) groups is 1. The Kier molecular flexibility index (Phi) is 8.34. The van der Waals surface area contributed by atoms with Crippen LogP contribution < -0.4 is 5.32 Å². The van der Waals surface area contributed by atoms with Gasteiger partial charge in [-0.05, 0) is 43.4 Å². The molecule has 0 aliphatic heterocycles. The van der Waals surface area contributed by atoms with Crippen molar-refractivity contribution in [2.75, 3.05) is 6.54 Å². The van der Waals surface area contributed by atoms with E-state index < -0.39 is 0 Å². The molecule has 0 radical (unpaired) electrons. The first-order chi connectivity index (χ1) is 12.7. The molecule has 1 N–H and O–H groups in total. The highest BCUT2D eigenvalue weighted by Gasteiger charge is 2.14. The van der Waals surface area contributed by atoms with Crippen LogP contribution in [0.4, 0.5) is 0 Å². The van der Waals surface area contributed by atoms with E-state index in [1.54, 1.807) is 19.3 Å². The van der Waals surface area contributed by atoms with Gasteiger partial charge >= 0.3 is 0 Å². The molecule has 0 atom stereocenters. The molecule has 2 rings (SSSR count). The number of nitriles is 1. The second-order valence-corrected chi connectivity index (χ2v) is 6.53. The van der Waals surface area contributed by atoms with E-state index in [1.165, 1.54) is 38.3 Å². The highest BCUT2D eigenvalue weighted by Crippen LogP contribution is 2.22. The molecule has 26 heavy (non-hydrogen) atoms. The molecule has 138 valence electrons. The normalized spacial score (nSPS) is 16.0. The van der Waals surface area contributed by atoms with Gasteiger partial charge in [-0.25, -0.2) is 4.99 Å². The lowest BCUT2D eigenvalue weighted by atomic mass is 9.89. The van der Waals surface area contributed by atoms with Gasteiger partial charge in [0.2, 0.25) is 11.8 Å². The summed E-state index contributed by atoms with van der Waals surface area (Å²) in [7, 11) is 0. The monoisotopic (exact) mass is 354 g/mol. The van der Waals surface area contributed by atoms with Gasteiger partial charge in [0.15, 0.2) is 0 Å². The van der Waals surface area contributed by atoms with Crippen LogP contribution in [0.3, 0.4) is 0 Å². The predicted molar refractivity (Wildman–Crippen MR) is 100 cm³/mol. The Bertz CT molecular complexity index is 671. The van der Waals surface area contributed by atoms with Gasteiger partial charge in [0.05, 0.1) is 6.07 Å². The molecule has 1 fully saturated rings. The molecule has 1 aliphatic carbocycles. The molecule has 6 nitrogen and oxygen atoms in total. The van der Waals surface area contributed by atoms with Gasteiger partial charge in [-0.3, -0.25) is 9.78 Å². The summed E-state index contributed by atoms with van der Waals surface area (Å²) < 4.78 is 5.58. The molecule has 1 aromatic rings. The molecular formula is C20H26N4O2. The Balaban J connectivity index is 1.86. The van der Waals surface area contributed by atoms with Crippen molar-refractivity contribution in [1.82, 2.24) is 10.3 Å². The number of pyridine rings is 1. The zero-order valence-electron chi connectivity index (χ0n) is 15.3. The second kappa shape index (κ2) is 11.0. The zero-order valence-corrected chi connectivity index (χ0v) is 15.3. The van der Waals surface area contributed by atoms with E-state index in [9.17, 15) is 4.79 Å². The number of carbonyl (C=O) groups excluding carboxylic acids is 1. The van der Waals surface area contributed by atoms with Crippen molar-refractivity contribution in [3.05, 3.63) is 41.9 Å². The highest BCUT2D eigenvalue weighted by atomic mass is 16.5. The van der Waals surface area contributed by atoms with E-state index in [1.807, 2.05) is 18.2 Å². The van der Waals surface area contributed by atoms with Gasteiger partial charge in [-0.2, -0.15) is 5.26 Å². The SMILES string of the molecule is C/C(=C\N=C(/CC#N)OCc1ccncc1)C(=O)NCC1CCCCC1. The lowest BCUT2D eigenvalue weighted by molar-refractivity contribution is -0.117. The minimum Gasteiger partial charge on any atom is -0.475 e. The molecule has 0 bridgehead atoms. The van der Waals surface area contributed by atoms with Crippen LogP contribution in [0.1, 0.15) is 51.0 Å². The number of nitrogens with one attached hydrogen (secondary N) is 1. The maximum Gasteiger partial charge on any atom is 0.248 e. The fourth-order valence-corrected chi connectivity index (χ4v) is 2.84. The largest absolute Gasteiger partial charge is 0.475 e. The topological polar surface area (TPSA) is 87.4 Å². The van der Waals surface area contributed by atoms with Gasteiger partial charge in [0, 0.05) is 30.7 Å². The second-order valence-electron chi connectivity index (χ2n) is 6.53. The molecule has 1 saturated carbocycles. The number of aromatic nitrogens is 1. The lowest BCUT2D eigenvalue weighted by Crippen LogP contribution is -2.30. The minimum atomic E-state index is -0.121. The van der Waals surface area contributed by atoms with Crippen LogP contribution in [0.2, 0.25) is 0 Å². The number of ether oxygens (including phenoxy) is 1. The molecule has 1 amide bonds. The number of aliphatic imine (C=N–C) groups is 1. The molecule has 6 heteroatoms. The number of hydrogen-bond acceptors (Lipinski definition) is 5. The van der Waals surface area contributed by atoms with Crippen molar-refractivity contribution in [2.45, 2.75) is 52.1 Å². The number of rotatable bonds is 7. The summed E-state index contributed by atoms with van der Waals surface area (Å²) in [4.78, 5) is 20.3. The van der Waals surface area contributed by atoms with Gasteiger partial charge in [-0.15, -0.1) is 0 Å². The molecule has 0 saturated heterocycles.